The maximum atomic E-state index is 13.5. The second-order valence-corrected chi connectivity index (χ2v) is 17.1. The van der Waals surface area contributed by atoms with E-state index >= 15 is 0 Å². The highest BCUT2D eigenvalue weighted by molar-refractivity contribution is 7.84. The Labute approximate surface area is 208 Å². The number of ether oxygens (including phenoxy) is 1. The van der Waals surface area contributed by atoms with Gasteiger partial charge in [0.2, 0.25) is 0 Å². The van der Waals surface area contributed by atoms with Gasteiger partial charge in [-0.2, -0.15) is 0 Å². The number of rotatable bonds is 10. The van der Waals surface area contributed by atoms with E-state index < -0.39 is 35.2 Å². The fourth-order valence-corrected chi connectivity index (χ4v) is 8.75. The van der Waals surface area contributed by atoms with Gasteiger partial charge in [-0.3, -0.25) is 0 Å². The van der Waals surface area contributed by atoms with Crippen molar-refractivity contribution in [2.45, 2.75) is 82.0 Å². The molecule has 0 aromatic heterocycles. The van der Waals surface area contributed by atoms with E-state index in [0.29, 0.717) is 11.4 Å². The number of benzene rings is 2. The van der Waals surface area contributed by atoms with Gasteiger partial charge >= 0.3 is 0 Å². The molecule has 0 radical (unpaired) electrons. The molecule has 4 nitrogen and oxygen atoms in total. The minimum atomic E-state index is -2.02. The molecule has 3 rings (SSSR count). The molecule has 0 bridgehead atoms. The Balaban J connectivity index is 2.21. The van der Waals surface area contributed by atoms with Crippen molar-refractivity contribution in [2.24, 2.45) is 0 Å². The van der Waals surface area contributed by atoms with Crippen LogP contribution in [0.4, 0.5) is 0 Å². The molecule has 1 aliphatic carbocycles. The summed E-state index contributed by atoms with van der Waals surface area (Å²) in [5.41, 5.74) is 0.917. The Morgan fingerprint density at radius 1 is 0.970 bits per heavy atom. The molecular formula is C26H38ClNO3SSi. The molecule has 2 aromatic carbocycles. The SMILES string of the molecule is CC[Si](CC)(CC)O[C@]1(c2ccc(Cl)cc2)C[C@@]1(N[S@](=O)C(C)(C)C)c1ccc(OC)cc1. The predicted octanol–water partition coefficient (Wildman–Crippen LogP) is 6.92. The van der Waals surface area contributed by atoms with E-state index in [1.807, 2.05) is 45.0 Å². The van der Waals surface area contributed by atoms with Crippen LogP contribution < -0.4 is 9.46 Å². The summed E-state index contributed by atoms with van der Waals surface area (Å²) < 4.78 is 29.3. The monoisotopic (exact) mass is 507 g/mol. The van der Waals surface area contributed by atoms with Gasteiger partial charge in [-0.25, -0.2) is 8.93 Å². The van der Waals surface area contributed by atoms with Crippen LogP contribution in [0, 0.1) is 0 Å². The smallest absolute Gasteiger partial charge is 0.193 e. The lowest BCUT2D eigenvalue weighted by Gasteiger charge is -2.38. The maximum Gasteiger partial charge on any atom is 0.193 e. The minimum Gasteiger partial charge on any atom is -0.497 e. The molecule has 0 spiro atoms. The lowest BCUT2D eigenvalue weighted by molar-refractivity contribution is 0.131. The van der Waals surface area contributed by atoms with Crippen molar-refractivity contribution in [3.8, 4) is 5.75 Å². The van der Waals surface area contributed by atoms with Crippen LogP contribution in [0.1, 0.15) is 59.1 Å². The number of halogens is 1. The molecular weight excluding hydrogens is 470 g/mol. The van der Waals surface area contributed by atoms with E-state index in [2.05, 4.69) is 49.8 Å². The maximum absolute atomic E-state index is 13.5. The molecule has 0 amide bonds. The van der Waals surface area contributed by atoms with Crippen LogP contribution in [0.5, 0.6) is 5.75 Å². The minimum absolute atomic E-state index is 0.414. The Kier molecular flexibility index (Phi) is 7.86. The van der Waals surface area contributed by atoms with Gasteiger partial charge in [-0.15, -0.1) is 0 Å². The van der Waals surface area contributed by atoms with Crippen LogP contribution in [0.25, 0.3) is 0 Å². The first kappa shape index (κ1) is 26.4. The highest BCUT2D eigenvalue weighted by Gasteiger charge is 2.73. The van der Waals surface area contributed by atoms with Gasteiger partial charge in [-0.05, 0) is 74.3 Å². The van der Waals surface area contributed by atoms with E-state index in [1.54, 1.807) is 7.11 Å². The fraction of sp³-hybridized carbons (Fsp3) is 0.538. The average molecular weight is 508 g/mol. The number of nitrogens with one attached hydrogen (secondary N) is 1. The summed E-state index contributed by atoms with van der Waals surface area (Å²) in [5.74, 6) is 0.795. The number of hydrogen-bond donors (Lipinski definition) is 1. The molecule has 1 fully saturated rings. The first-order valence-corrected chi connectivity index (χ1v) is 15.9. The highest BCUT2D eigenvalue weighted by atomic mass is 35.5. The summed E-state index contributed by atoms with van der Waals surface area (Å²) in [7, 11) is -1.64. The topological polar surface area (TPSA) is 47.6 Å². The van der Waals surface area contributed by atoms with Crippen molar-refractivity contribution in [2.75, 3.05) is 7.11 Å². The predicted molar refractivity (Wildman–Crippen MR) is 142 cm³/mol. The first-order valence-electron chi connectivity index (χ1n) is 11.8. The molecule has 7 heteroatoms. The van der Waals surface area contributed by atoms with Crippen molar-refractivity contribution in [3.63, 3.8) is 0 Å². The van der Waals surface area contributed by atoms with Gasteiger partial charge < -0.3 is 9.16 Å². The Bertz CT molecular complexity index is 964. The summed E-state index contributed by atoms with van der Waals surface area (Å²) in [6.45, 7) is 12.7. The van der Waals surface area contributed by atoms with Gasteiger partial charge in [0.15, 0.2) is 8.32 Å². The fourth-order valence-electron chi connectivity index (χ4n) is 4.61. The van der Waals surface area contributed by atoms with Gasteiger partial charge in [-0.1, -0.05) is 56.6 Å². The van der Waals surface area contributed by atoms with Crippen LogP contribution in [-0.2, 0) is 26.6 Å². The lowest BCUT2D eigenvalue weighted by atomic mass is 9.96. The van der Waals surface area contributed by atoms with Crippen LogP contribution in [-0.4, -0.2) is 24.4 Å². The molecule has 0 saturated heterocycles. The summed E-state index contributed by atoms with van der Waals surface area (Å²) in [4.78, 5) is 0. The zero-order valence-electron chi connectivity index (χ0n) is 21.0. The van der Waals surface area contributed by atoms with E-state index in [9.17, 15) is 4.21 Å². The molecule has 2 aromatic rings. The summed E-state index contributed by atoms with van der Waals surface area (Å²) in [6.07, 6.45) is 0.713. The molecule has 0 aliphatic heterocycles. The van der Waals surface area contributed by atoms with Crippen molar-refractivity contribution in [1.29, 1.82) is 0 Å². The average Bonchev–Trinajstić information content (AvgIpc) is 3.45. The summed E-state index contributed by atoms with van der Waals surface area (Å²) in [5, 5.41) is 0.695. The van der Waals surface area contributed by atoms with Crippen molar-refractivity contribution >= 4 is 30.9 Å². The number of hydrogen-bond acceptors (Lipinski definition) is 3. The van der Waals surface area contributed by atoms with Crippen LogP contribution in [0.15, 0.2) is 48.5 Å². The highest BCUT2D eigenvalue weighted by Crippen LogP contribution is 2.66. The zero-order valence-corrected chi connectivity index (χ0v) is 23.5. The lowest BCUT2D eigenvalue weighted by Crippen LogP contribution is -2.48. The quantitative estimate of drug-likeness (QED) is 0.355. The Hall–Kier alpha value is -1.18. The van der Waals surface area contributed by atoms with Crippen LogP contribution >= 0.6 is 11.6 Å². The van der Waals surface area contributed by atoms with Crippen molar-refractivity contribution in [1.82, 2.24) is 4.72 Å². The molecule has 1 N–H and O–H groups in total. The molecule has 3 atom stereocenters. The molecule has 33 heavy (non-hydrogen) atoms. The summed E-state index contributed by atoms with van der Waals surface area (Å²) >= 11 is 6.25. The standard InChI is InChI=1S/C26H38ClNO3SSi/c1-8-33(9-2,10-3)31-26(21-11-15-22(27)16-12-21)19-25(26,28-32(29)24(4,5)6)20-13-17-23(30-7)18-14-20/h11-18,28H,8-10,19H2,1-7H3/t25-,26+,32-/m1/s1. The van der Waals surface area contributed by atoms with Gasteiger partial charge in [0, 0.05) is 11.4 Å². The molecule has 182 valence electrons. The second-order valence-electron chi connectivity index (χ2n) is 9.97. The van der Waals surface area contributed by atoms with E-state index in [1.165, 1.54) is 0 Å². The normalized spacial score (nSPS) is 23.9. The van der Waals surface area contributed by atoms with Crippen LogP contribution in [0.2, 0.25) is 23.2 Å². The van der Waals surface area contributed by atoms with Crippen molar-refractivity contribution in [3.05, 3.63) is 64.7 Å². The molecule has 1 aliphatic rings. The van der Waals surface area contributed by atoms with Crippen LogP contribution in [0.3, 0.4) is 0 Å². The summed E-state index contributed by atoms with van der Waals surface area (Å²) in [6, 6.07) is 19.2. The van der Waals surface area contributed by atoms with E-state index in [4.69, 9.17) is 20.8 Å². The third kappa shape index (κ3) is 4.96. The first-order chi connectivity index (χ1) is 15.5. The molecule has 0 unspecified atom stereocenters. The molecule has 1 saturated carbocycles. The van der Waals surface area contributed by atoms with E-state index in [0.717, 1.165) is 35.0 Å². The van der Waals surface area contributed by atoms with Gasteiger partial charge in [0.1, 0.15) is 11.4 Å². The number of methoxy groups -OCH3 is 1. The second kappa shape index (κ2) is 9.82. The largest absolute Gasteiger partial charge is 0.497 e. The van der Waals surface area contributed by atoms with E-state index in [-0.39, 0.29) is 0 Å². The zero-order chi connectivity index (χ0) is 24.5. The Morgan fingerprint density at radius 2 is 1.48 bits per heavy atom. The molecule has 0 heterocycles. The van der Waals surface area contributed by atoms with Crippen molar-refractivity contribution < 1.29 is 13.4 Å². The Morgan fingerprint density at radius 3 is 1.94 bits per heavy atom. The third-order valence-electron chi connectivity index (χ3n) is 7.12. The third-order valence-corrected chi connectivity index (χ3v) is 13.7. The van der Waals surface area contributed by atoms with Gasteiger partial charge in [0.05, 0.1) is 28.4 Å². The van der Waals surface area contributed by atoms with Gasteiger partial charge in [0.25, 0.3) is 0 Å².